The van der Waals surface area contributed by atoms with Gasteiger partial charge in [-0.1, -0.05) is 53.7 Å². The number of hydrogen-bond donors (Lipinski definition) is 1. The number of rotatable bonds is 9. The number of aliphatic imine (C=N–C) groups is 1. The number of nitrogens with one attached hydrogen (secondary N) is 1. The fourth-order valence-electron chi connectivity index (χ4n) is 4.65. The van der Waals surface area contributed by atoms with E-state index in [-0.39, 0.29) is 17.4 Å². The van der Waals surface area contributed by atoms with Gasteiger partial charge < -0.3 is 10.1 Å². The predicted molar refractivity (Wildman–Crippen MR) is 163 cm³/mol. The SMILES string of the molecule is Cc1ccc(N2C(=O)CS/C2=N\C(=O)NCCCCc2ccc(-c3ncn(-c4ccc(OC(F)(F)F)cc4)n3)cc2)c(C)c1. The van der Waals surface area contributed by atoms with Gasteiger partial charge in [-0.3, -0.25) is 9.69 Å². The number of aryl methyl sites for hydroxylation is 3. The molecule has 1 aliphatic rings. The molecule has 4 aromatic rings. The number of carbonyl (C=O) groups excluding carboxylic acids is 2. The summed E-state index contributed by atoms with van der Waals surface area (Å²) in [4.78, 5) is 34.9. The van der Waals surface area contributed by atoms with Crippen LogP contribution in [0.15, 0.2) is 78.0 Å². The zero-order valence-corrected chi connectivity index (χ0v) is 24.8. The van der Waals surface area contributed by atoms with Crippen molar-refractivity contribution in [2.45, 2.75) is 39.5 Å². The summed E-state index contributed by atoms with van der Waals surface area (Å²) in [6, 6.07) is 18.5. The van der Waals surface area contributed by atoms with Crippen molar-refractivity contribution in [1.29, 1.82) is 0 Å². The van der Waals surface area contributed by atoms with Gasteiger partial charge in [-0.2, -0.15) is 4.99 Å². The van der Waals surface area contributed by atoms with Crippen molar-refractivity contribution in [3.05, 3.63) is 89.7 Å². The maximum Gasteiger partial charge on any atom is 0.573 e. The summed E-state index contributed by atoms with van der Waals surface area (Å²) in [6.07, 6.45) is -0.846. The lowest BCUT2D eigenvalue weighted by Crippen LogP contribution is -2.32. The minimum atomic E-state index is -4.75. The molecule has 1 aromatic heterocycles. The van der Waals surface area contributed by atoms with Gasteiger partial charge >= 0.3 is 12.4 Å². The number of amidine groups is 1. The molecule has 0 unspecified atom stereocenters. The molecule has 3 amide bonds. The number of halogens is 3. The molecule has 0 atom stereocenters. The number of carbonyl (C=O) groups is 2. The van der Waals surface area contributed by atoms with Crippen LogP contribution in [0, 0.1) is 13.8 Å². The standard InChI is InChI=1S/C31H29F3N6O3S/c1-20-6-15-26(21(2)17-20)40-27(41)18-44-30(40)37-29(42)35-16-4-3-5-22-7-9-23(10-8-22)28-36-19-39(38-28)24-11-13-25(14-12-24)43-31(32,33)34/h6-15,17,19H,3-5,16,18H2,1-2H3,(H,35,42)/b37-30-. The van der Waals surface area contributed by atoms with Gasteiger partial charge in [-0.05, 0) is 74.6 Å². The molecule has 0 bridgehead atoms. The van der Waals surface area contributed by atoms with Crippen molar-refractivity contribution in [1.82, 2.24) is 20.1 Å². The van der Waals surface area contributed by atoms with E-state index in [2.05, 4.69) is 25.1 Å². The summed E-state index contributed by atoms with van der Waals surface area (Å²) >= 11 is 1.25. The van der Waals surface area contributed by atoms with Crippen molar-refractivity contribution < 1.29 is 27.5 Å². The van der Waals surface area contributed by atoms with E-state index >= 15 is 0 Å². The summed E-state index contributed by atoms with van der Waals surface area (Å²) in [7, 11) is 0. The van der Waals surface area contributed by atoms with Crippen LogP contribution in [-0.2, 0) is 11.2 Å². The Kier molecular flexibility index (Phi) is 9.33. The second-order valence-corrected chi connectivity index (χ2v) is 11.1. The average molecular weight is 623 g/mol. The number of alkyl halides is 3. The Morgan fingerprint density at radius 1 is 1.05 bits per heavy atom. The van der Waals surface area contributed by atoms with Crippen molar-refractivity contribution in [3.8, 4) is 22.8 Å². The highest BCUT2D eigenvalue weighted by atomic mass is 32.2. The number of nitrogens with zero attached hydrogens (tertiary/aromatic N) is 5. The minimum absolute atomic E-state index is 0.100. The monoisotopic (exact) mass is 622 g/mol. The van der Waals surface area contributed by atoms with Crippen molar-refractivity contribution in [3.63, 3.8) is 0 Å². The van der Waals surface area contributed by atoms with Crippen molar-refractivity contribution in [2.24, 2.45) is 4.99 Å². The number of urea groups is 1. The van der Waals surface area contributed by atoms with Gasteiger partial charge in [0.1, 0.15) is 12.1 Å². The van der Waals surface area contributed by atoms with Gasteiger partial charge in [-0.15, -0.1) is 18.3 Å². The lowest BCUT2D eigenvalue weighted by Gasteiger charge is -2.18. The van der Waals surface area contributed by atoms with E-state index in [0.29, 0.717) is 23.2 Å². The van der Waals surface area contributed by atoms with Crippen LogP contribution in [0.3, 0.4) is 0 Å². The normalized spacial score (nSPS) is 14.3. The Morgan fingerprint density at radius 2 is 1.80 bits per heavy atom. The maximum atomic E-state index is 12.5. The summed E-state index contributed by atoms with van der Waals surface area (Å²) in [5.41, 5.74) is 5.23. The molecule has 5 rings (SSSR count). The molecule has 0 radical (unpaired) electrons. The topological polar surface area (TPSA) is 102 Å². The molecule has 13 heteroatoms. The Hall–Kier alpha value is -4.65. The molecule has 0 saturated carbocycles. The van der Waals surface area contributed by atoms with E-state index in [1.807, 2.05) is 56.3 Å². The summed E-state index contributed by atoms with van der Waals surface area (Å²) < 4.78 is 42.5. The van der Waals surface area contributed by atoms with E-state index in [4.69, 9.17) is 0 Å². The Labute approximate surface area is 256 Å². The average Bonchev–Trinajstić information content (AvgIpc) is 3.60. The van der Waals surface area contributed by atoms with Gasteiger partial charge in [0.15, 0.2) is 11.0 Å². The van der Waals surface area contributed by atoms with Crippen LogP contribution in [0.5, 0.6) is 5.75 Å². The summed E-state index contributed by atoms with van der Waals surface area (Å²) in [6.45, 7) is 4.38. The van der Waals surface area contributed by atoms with Gasteiger partial charge in [0, 0.05) is 12.1 Å². The third-order valence-electron chi connectivity index (χ3n) is 6.76. The van der Waals surface area contributed by atoms with Crippen LogP contribution in [0.1, 0.15) is 29.5 Å². The molecule has 1 fully saturated rings. The van der Waals surface area contributed by atoms with Gasteiger partial charge in [0.2, 0.25) is 5.91 Å². The van der Waals surface area contributed by atoms with Crippen molar-refractivity contribution in [2.75, 3.05) is 17.2 Å². The molecule has 3 aromatic carbocycles. The first-order valence-corrected chi connectivity index (χ1v) is 14.8. The number of amides is 3. The largest absolute Gasteiger partial charge is 0.573 e. The first-order chi connectivity index (χ1) is 21.1. The number of unbranched alkanes of at least 4 members (excludes halogenated alkanes) is 1. The minimum Gasteiger partial charge on any atom is -0.406 e. The molecule has 1 aliphatic heterocycles. The first-order valence-electron chi connectivity index (χ1n) is 13.8. The quantitative estimate of drug-likeness (QED) is 0.211. The number of hydrogen-bond acceptors (Lipinski definition) is 6. The molecule has 0 spiro atoms. The van der Waals surface area contributed by atoms with Crippen LogP contribution in [0.25, 0.3) is 17.1 Å². The van der Waals surface area contributed by atoms with E-state index in [9.17, 15) is 22.8 Å². The highest BCUT2D eigenvalue weighted by Crippen LogP contribution is 2.30. The van der Waals surface area contributed by atoms with Crippen LogP contribution in [0.4, 0.5) is 23.7 Å². The van der Waals surface area contributed by atoms with E-state index in [0.717, 1.165) is 47.2 Å². The van der Waals surface area contributed by atoms with E-state index in [1.165, 1.54) is 51.9 Å². The highest BCUT2D eigenvalue weighted by Gasteiger charge is 2.32. The third kappa shape index (κ3) is 7.84. The number of aromatic nitrogens is 3. The van der Waals surface area contributed by atoms with E-state index in [1.54, 1.807) is 0 Å². The summed E-state index contributed by atoms with van der Waals surface area (Å²) in [5.74, 6) is 0.315. The van der Waals surface area contributed by atoms with E-state index < -0.39 is 12.4 Å². The highest BCUT2D eigenvalue weighted by molar-refractivity contribution is 8.15. The molecular weight excluding hydrogens is 593 g/mol. The molecule has 228 valence electrons. The van der Waals surface area contributed by atoms with Crippen molar-refractivity contribution >= 4 is 34.6 Å². The third-order valence-corrected chi connectivity index (χ3v) is 7.69. The fraction of sp³-hybridized carbons (Fsp3) is 0.258. The molecule has 1 N–H and O–H groups in total. The molecule has 44 heavy (non-hydrogen) atoms. The van der Waals surface area contributed by atoms with Crippen LogP contribution >= 0.6 is 11.8 Å². The second kappa shape index (κ2) is 13.3. The maximum absolute atomic E-state index is 12.5. The number of thioether (sulfide) groups is 1. The lowest BCUT2D eigenvalue weighted by molar-refractivity contribution is -0.274. The molecule has 0 aliphatic carbocycles. The zero-order chi connectivity index (χ0) is 31.3. The molecule has 2 heterocycles. The Morgan fingerprint density at radius 3 is 2.50 bits per heavy atom. The zero-order valence-electron chi connectivity index (χ0n) is 24.0. The van der Waals surface area contributed by atoms with Crippen LogP contribution in [0.2, 0.25) is 0 Å². The van der Waals surface area contributed by atoms with Gasteiger partial charge in [-0.25, -0.2) is 14.5 Å². The number of ether oxygens (including phenoxy) is 1. The Bertz CT molecular complexity index is 1670. The van der Waals surface area contributed by atoms with Gasteiger partial charge in [0.05, 0.1) is 17.1 Å². The summed E-state index contributed by atoms with van der Waals surface area (Å²) in [5, 5.41) is 7.62. The smallest absolute Gasteiger partial charge is 0.406 e. The van der Waals surface area contributed by atoms with Crippen LogP contribution < -0.4 is 15.0 Å². The van der Waals surface area contributed by atoms with Gasteiger partial charge in [0.25, 0.3) is 0 Å². The predicted octanol–water partition coefficient (Wildman–Crippen LogP) is 6.62. The Balaban J connectivity index is 1.08. The number of benzene rings is 3. The fourth-order valence-corrected chi connectivity index (χ4v) is 5.51. The second-order valence-electron chi connectivity index (χ2n) is 10.1. The first kappa shape index (κ1) is 30.8. The molecule has 9 nitrogen and oxygen atoms in total. The van der Waals surface area contributed by atoms with Crippen LogP contribution in [-0.4, -0.2) is 50.5 Å². The molecular formula is C31H29F3N6O3S. The molecule has 1 saturated heterocycles. The lowest BCUT2D eigenvalue weighted by atomic mass is 10.1. The number of anilines is 1.